The van der Waals surface area contributed by atoms with Crippen LogP contribution in [0.25, 0.3) is 0 Å². The molecule has 0 amide bonds. The zero-order valence-electron chi connectivity index (χ0n) is 9.28. The van der Waals surface area contributed by atoms with Crippen molar-refractivity contribution in [2.24, 2.45) is 5.73 Å². The number of halogens is 2. The smallest absolute Gasteiger partial charge is 0.240 e. The maximum atomic E-state index is 12.0. The van der Waals surface area contributed by atoms with Crippen LogP contribution in [0.5, 0.6) is 0 Å². The van der Waals surface area contributed by atoms with Crippen molar-refractivity contribution in [3.8, 4) is 0 Å². The fraction of sp³-hybridized carbons (Fsp3) is 0.400. The average molecular weight is 297 g/mol. The zero-order chi connectivity index (χ0) is 13.1. The molecule has 0 heterocycles. The van der Waals surface area contributed by atoms with Crippen LogP contribution in [0.3, 0.4) is 0 Å². The summed E-state index contributed by atoms with van der Waals surface area (Å²) in [4.78, 5) is 0.0822. The molecule has 0 bridgehead atoms. The fourth-order valence-electron chi connectivity index (χ4n) is 1.23. The Balaban J connectivity index is 3.01. The summed E-state index contributed by atoms with van der Waals surface area (Å²) in [5.41, 5.74) is 5.45. The first-order valence-electron chi connectivity index (χ1n) is 5.08. The van der Waals surface area contributed by atoms with Crippen LogP contribution in [0.1, 0.15) is 13.3 Å². The van der Waals surface area contributed by atoms with E-state index in [9.17, 15) is 8.42 Å². The SMILES string of the molecule is CCC(CN)NS(=O)(=O)c1ccc(Cl)c(Cl)c1. The second kappa shape index (κ2) is 6.02. The largest absolute Gasteiger partial charge is 0.329 e. The van der Waals surface area contributed by atoms with Crippen LogP contribution in [-0.2, 0) is 10.0 Å². The lowest BCUT2D eigenvalue weighted by Gasteiger charge is -2.15. The minimum atomic E-state index is -3.60. The van der Waals surface area contributed by atoms with Crippen molar-refractivity contribution in [2.75, 3.05) is 6.54 Å². The van der Waals surface area contributed by atoms with Gasteiger partial charge in [0.25, 0.3) is 0 Å². The van der Waals surface area contributed by atoms with Gasteiger partial charge in [-0.3, -0.25) is 0 Å². The maximum absolute atomic E-state index is 12.0. The molecule has 17 heavy (non-hydrogen) atoms. The Labute approximate surface area is 111 Å². The van der Waals surface area contributed by atoms with Crippen molar-refractivity contribution in [3.63, 3.8) is 0 Å². The summed E-state index contributed by atoms with van der Waals surface area (Å²) in [6.07, 6.45) is 0.622. The molecule has 1 aromatic carbocycles. The van der Waals surface area contributed by atoms with Crippen LogP contribution < -0.4 is 10.5 Å². The van der Waals surface area contributed by atoms with Gasteiger partial charge in [0, 0.05) is 12.6 Å². The van der Waals surface area contributed by atoms with Crippen LogP contribution in [0.4, 0.5) is 0 Å². The molecule has 0 fully saturated rings. The van der Waals surface area contributed by atoms with Crippen LogP contribution >= 0.6 is 23.2 Å². The molecular weight excluding hydrogens is 283 g/mol. The molecule has 7 heteroatoms. The minimum Gasteiger partial charge on any atom is -0.329 e. The van der Waals surface area contributed by atoms with E-state index >= 15 is 0 Å². The quantitative estimate of drug-likeness (QED) is 0.873. The Bertz CT molecular complexity index is 487. The van der Waals surface area contributed by atoms with Gasteiger partial charge in [0.05, 0.1) is 14.9 Å². The molecule has 1 atom stereocenters. The van der Waals surface area contributed by atoms with Gasteiger partial charge in [-0.15, -0.1) is 0 Å². The number of sulfonamides is 1. The number of hydrogen-bond acceptors (Lipinski definition) is 3. The van der Waals surface area contributed by atoms with Gasteiger partial charge in [-0.2, -0.15) is 0 Å². The van der Waals surface area contributed by atoms with Crippen LogP contribution in [0.15, 0.2) is 23.1 Å². The van der Waals surface area contributed by atoms with E-state index in [0.29, 0.717) is 11.4 Å². The molecular formula is C10H14Cl2N2O2S. The topological polar surface area (TPSA) is 72.2 Å². The number of rotatable bonds is 5. The normalized spacial score (nSPS) is 13.6. The molecule has 0 spiro atoms. The van der Waals surface area contributed by atoms with Gasteiger partial charge >= 0.3 is 0 Å². The molecule has 0 aromatic heterocycles. The van der Waals surface area contributed by atoms with Gasteiger partial charge in [-0.25, -0.2) is 13.1 Å². The molecule has 1 aromatic rings. The summed E-state index contributed by atoms with van der Waals surface area (Å²) < 4.78 is 26.4. The number of nitrogens with one attached hydrogen (secondary N) is 1. The highest BCUT2D eigenvalue weighted by atomic mass is 35.5. The van der Waals surface area contributed by atoms with Crippen molar-refractivity contribution in [1.29, 1.82) is 0 Å². The van der Waals surface area contributed by atoms with Crippen molar-refractivity contribution < 1.29 is 8.42 Å². The summed E-state index contributed by atoms with van der Waals surface area (Å²) >= 11 is 11.5. The standard InChI is InChI=1S/C10H14Cl2N2O2S/c1-2-7(6-13)14-17(15,16)8-3-4-9(11)10(12)5-8/h3-5,7,14H,2,6,13H2,1H3. The first-order valence-corrected chi connectivity index (χ1v) is 7.32. The van der Waals surface area contributed by atoms with E-state index in [0.717, 1.165) is 0 Å². The van der Waals surface area contributed by atoms with Crippen molar-refractivity contribution >= 4 is 33.2 Å². The second-order valence-corrected chi connectivity index (χ2v) is 6.07. The summed E-state index contributed by atoms with van der Waals surface area (Å²) in [7, 11) is -3.60. The third kappa shape index (κ3) is 3.82. The molecule has 4 nitrogen and oxygen atoms in total. The molecule has 0 radical (unpaired) electrons. The monoisotopic (exact) mass is 296 g/mol. The van der Waals surface area contributed by atoms with E-state index in [2.05, 4.69) is 4.72 Å². The van der Waals surface area contributed by atoms with Crippen LogP contribution in [0, 0.1) is 0 Å². The lowest BCUT2D eigenvalue weighted by molar-refractivity contribution is 0.542. The molecule has 0 aliphatic carbocycles. The number of hydrogen-bond donors (Lipinski definition) is 2. The van der Waals surface area contributed by atoms with E-state index in [1.165, 1.54) is 18.2 Å². The second-order valence-electron chi connectivity index (χ2n) is 3.54. The summed E-state index contributed by atoms with van der Waals surface area (Å²) in [6, 6.07) is 3.88. The molecule has 0 saturated carbocycles. The number of benzene rings is 1. The average Bonchev–Trinajstić information content (AvgIpc) is 2.29. The zero-order valence-corrected chi connectivity index (χ0v) is 11.6. The van der Waals surface area contributed by atoms with Gasteiger partial charge in [-0.1, -0.05) is 30.1 Å². The minimum absolute atomic E-state index is 0.0822. The summed E-state index contributed by atoms with van der Waals surface area (Å²) in [5, 5.41) is 0.520. The first kappa shape index (κ1) is 14.7. The van der Waals surface area contributed by atoms with Gasteiger partial charge in [0.2, 0.25) is 10.0 Å². The molecule has 0 aliphatic rings. The van der Waals surface area contributed by atoms with Crippen molar-refractivity contribution in [2.45, 2.75) is 24.3 Å². The van der Waals surface area contributed by atoms with Gasteiger partial charge < -0.3 is 5.73 Å². The fourth-order valence-corrected chi connectivity index (χ4v) is 2.95. The predicted octanol–water partition coefficient (Wildman–Crippen LogP) is 2.01. The summed E-state index contributed by atoms with van der Waals surface area (Å²) in [5.74, 6) is 0. The Kier molecular flexibility index (Phi) is 5.22. The molecule has 0 aliphatic heterocycles. The third-order valence-electron chi connectivity index (χ3n) is 2.30. The van der Waals surface area contributed by atoms with E-state index < -0.39 is 10.0 Å². The van der Waals surface area contributed by atoms with Crippen LogP contribution in [-0.4, -0.2) is 21.0 Å². The number of nitrogens with two attached hydrogens (primary N) is 1. The van der Waals surface area contributed by atoms with E-state index in [1.54, 1.807) is 0 Å². The first-order chi connectivity index (χ1) is 7.90. The van der Waals surface area contributed by atoms with E-state index in [-0.39, 0.29) is 22.5 Å². The molecule has 3 N–H and O–H groups in total. The van der Waals surface area contributed by atoms with Crippen molar-refractivity contribution in [3.05, 3.63) is 28.2 Å². The molecule has 1 unspecified atom stereocenters. The molecule has 96 valence electrons. The Morgan fingerprint density at radius 2 is 2.00 bits per heavy atom. The van der Waals surface area contributed by atoms with Gasteiger partial charge in [0.15, 0.2) is 0 Å². The Hall–Kier alpha value is -0.330. The lowest BCUT2D eigenvalue weighted by atomic mass is 10.2. The van der Waals surface area contributed by atoms with Crippen LogP contribution in [0.2, 0.25) is 10.0 Å². The molecule has 1 rings (SSSR count). The molecule has 0 saturated heterocycles. The van der Waals surface area contributed by atoms with E-state index in [1.807, 2.05) is 6.92 Å². The van der Waals surface area contributed by atoms with Gasteiger partial charge in [-0.05, 0) is 24.6 Å². The van der Waals surface area contributed by atoms with E-state index in [4.69, 9.17) is 28.9 Å². The predicted molar refractivity (Wildman–Crippen MR) is 69.9 cm³/mol. The Morgan fingerprint density at radius 3 is 2.47 bits per heavy atom. The third-order valence-corrected chi connectivity index (χ3v) is 4.56. The van der Waals surface area contributed by atoms with Crippen molar-refractivity contribution in [1.82, 2.24) is 4.72 Å². The Morgan fingerprint density at radius 1 is 1.35 bits per heavy atom. The summed E-state index contributed by atoms with van der Waals surface area (Å²) in [6.45, 7) is 2.10. The highest BCUT2D eigenvalue weighted by Crippen LogP contribution is 2.24. The maximum Gasteiger partial charge on any atom is 0.240 e. The van der Waals surface area contributed by atoms with Gasteiger partial charge in [0.1, 0.15) is 0 Å². The highest BCUT2D eigenvalue weighted by molar-refractivity contribution is 7.89. The lowest BCUT2D eigenvalue weighted by Crippen LogP contribution is -2.39. The highest BCUT2D eigenvalue weighted by Gasteiger charge is 2.18.